The van der Waals surface area contributed by atoms with Crippen molar-refractivity contribution in [2.75, 3.05) is 19.8 Å². The van der Waals surface area contributed by atoms with Crippen molar-refractivity contribution in [1.29, 1.82) is 0 Å². The summed E-state index contributed by atoms with van der Waals surface area (Å²) < 4.78 is 53.1. The van der Waals surface area contributed by atoms with Gasteiger partial charge in [0.2, 0.25) is 0 Å². The third-order valence-corrected chi connectivity index (χ3v) is 5.69. The van der Waals surface area contributed by atoms with Gasteiger partial charge in [-0.1, -0.05) is 39.0 Å². The van der Waals surface area contributed by atoms with Crippen LogP contribution in [0.3, 0.4) is 0 Å². The Morgan fingerprint density at radius 3 is 1.02 bits per heavy atom. The first-order valence-corrected chi connectivity index (χ1v) is 15.0. The Hall–Kier alpha value is -3.60. The van der Waals surface area contributed by atoms with Crippen LogP contribution in [0.25, 0.3) is 0 Å². The standard InChI is InChI=1S/C33H45BO9/c1-7-19-35-25(4)38-28-13-10-16-31(22-28)41-34(42-32-17-11-14-29(23-32)39-26(5)36-20-8-2)43-33-18-12-15-30(24-33)40-27(6)37-21-9-3/h10-18,22-27H,7-9,19-21H2,1-6H3. The first kappa shape index (κ1) is 33.9. The molecular weight excluding hydrogens is 551 g/mol. The van der Waals surface area contributed by atoms with Gasteiger partial charge >= 0.3 is 7.32 Å². The van der Waals surface area contributed by atoms with Gasteiger partial charge in [0.25, 0.3) is 0 Å². The maximum absolute atomic E-state index is 6.18. The van der Waals surface area contributed by atoms with E-state index in [0.717, 1.165) is 19.3 Å². The summed E-state index contributed by atoms with van der Waals surface area (Å²) in [6.45, 7) is 13.5. The Balaban J connectivity index is 1.78. The van der Waals surface area contributed by atoms with E-state index >= 15 is 0 Å². The molecule has 3 aromatic carbocycles. The zero-order valence-electron chi connectivity index (χ0n) is 26.2. The number of hydrogen-bond acceptors (Lipinski definition) is 9. The van der Waals surface area contributed by atoms with Gasteiger partial charge in [0.1, 0.15) is 34.5 Å². The van der Waals surface area contributed by atoms with Crippen LogP contribution in [0.4, 0.5) is 0 Å². The molecule has 3 aromatic rings. The van der Waals surface area contributed by atoms with E-state index in [4.69, 9.17) is 42.4 Å². The van der Waals surface area contributed by atoms with Crippen molar-refractivity contribution in [2.24, 2.45) is 0 Å². The first-order valence-electron chi connectivity index (χ1n) is 15.0. The molecule has 3 rings (SSSR count). The van der Waals surface area contributed by atoms with E-state index in [2.05, 4.69) is 0 Å². The van der Waals surface area contributed by atoms with Crippen LogP contribution in [-0.4, -0.2) is 46.0 Å². The van der Waals surface area contributed by atoms with Crippen LogP contribution in [-0.2, 0) is 14.2 Å². The van der Waals surface area contributed by atoms with Crippen molar-refractivity contribution in [3.63, 3.8) is 0 Å². The minimum absolute atomic E-state index is 0.406. The van der Waals surface area contributed by atoms with Crippen molar-refractivity contribution in [3.8, 4) is 34.5 Å². The van der Waals surface area contributed by atoms with Gasteiger partial charge in [-0.05, 0) is 76.4 Å². The second-order valence-corrected chi connectivity index (χ2v) is 9.74. The van der Waals surface area contributed by atoms with Gasteiger partial charge in [0.05, 0.1) is 19.8 Å². The summed E-state index contributed by atoms with van der Waals surface area (Å²) in [5, 5.41) is 0. The summed E-state index contributed by atoms with van der Waals surface area (Å²) >= 11 is 0. The number of ether oxygens (including phenoxy) is 6. The molecule has 0 heterocycles. The summed E-state index contributed by atoms with van der Waals surface area (Å²) in [4.78, 5) is 0. The largest absolute Gasteiger partial charge is 0.864 e. The number of rotatable bonds is 21. The lowest BCUT2D eigenvalue weighted by Gasteiger charge is -2.20. The van der Waals surface area contributed by atoms with E-state index in [9.17, 15) is 0 Å². The minimum atomic E-state index is -1.17. The van der Waals surface area contributed by atoms with Crippen LogP contribution in [0.5, 0.6) is 34.5 Å². The van der Waals surface area contributed by atoms with Crippen molar-refractivity contribution in [1.82, 2.24) is 0 Å². The van der Waals surface area contributed by atoms with Crippen molar-refractivity contribution < 1.29 is 42.4 Å². The number of benzene rings is 3. The maximum atomic E-state index is 6.18. The van der Waals surface area contributed by atoms with Gasteiger partial charge in [-0.3, -0.25) is 0 Å². The molecule has 0 N–H and O–H groups in total. The highest BCUT2D eigenvalue weighted by Gasteiger charge is 2.31. The highest BCUT2D eigenvalue weighted by molar-refractivity contribution is 6.39. The molecule has 43 heavy (non-hydrogen) atoms. The summed E-state index contributed by atoms with van der Waals surface area (Å²) in [7, 11) is -1.17. The second kappa shape index (κ2) is 18.8. The lowest BCUT2D eigenvalue weighted by molar-refractivity contribution is -0.0666. The van der Waals surface area contributed by atoms with Crippen LogP contribution in [0, 0.1) is 0 Å². The Labute approximate surface area is 256 Å². The van der Waals surface area contributed by atoms with Gasteiger partial charge < -0.3 is 42.4 Å². The third kappa shape index (κ3) is 13.1. The molecule has 0 aliphatic heterocycles. The summed E-state index contributed by atoms with van der Waals surface area (Å²) in [6.07, 6.45) is 1.49. The summed E-state index contributed by atoms with van der Waals surface area (Å²) in [5.74, 6) is 3.21. The molecule has 0 saturated heterocycles. The van der Waals surface area contributed by atoms with Gasteiger partial charge in [0, 0.05) is 18.2 Å². The van der Waals surface area contributed by atoms with Crippen LogP contribution in [0.2, 0.25) is 0 Å². The Morgan fingerprint density at radius 1 is 0.465 bits per heavy atom. The predicted octanol–water partition coefficient (Wildman–Crippen LogP) is 7.66. The van der Waals surface area contributed by atoms with Gasteiger partial charge in [-0.25, -0.2) is 0 Å². The first-order chi connectivity index (χ1) is 20.9. The van der Waals surface area contributed by atoms with Gasteiger partial charge in [-0.2, -0.15) is 0 Å². The van der Waals surface area contributed by atoms with Gasteiger partial charge in [-0.15, -0.1) is 0 Å². The topological polar surface area (TPSA) is 83.1 Å². The fourth-order valence-corrected chi connectivity index (χ4v) is 3.80. The van der Waals surface area contributed by atoms with Crippen LogP contribution < -0.4 is 28.2 Å². The smallest absolute Gasteiger partial charge is 0.489 e. The normalized spacial score (nSPS) is 13.0. The van der Waals surface area contributed by atoms with Crippen LogP contribution in [0.15, 0.2) is 72.8 Å². The zero-order chi connectivity index (χ0) is 30.9. The average molecular weight is 597 g/mol. The quantitative estimate of drug-likeness (QED) is 0.0909. The van der Waals surface area contributed by atoms with Crippen molar-refractivity contribution in [3.05, 3.63) is 72.8 Å². The Morgan fingerprint density at radius 2 is 0.744 bits per heavy atom. The maximum Gasteiger partial charge on any atom is 0.864 e. The minimum Gasteiger partial charge on any atom is -0.489 e. The van der Waals surface area contributed by atoms with Crippen LogP contribution in [0.1, 0.15) is 60.8 Å². The van der Waals surface area contributed by atoms with E-state index in [1.54, 1.807) is 36.4 Å². The summed E-state index contributed by atoms with van der Waals surface area (Å²) in [5.41, 5.74) is 0. The zero-order valence-corrected chi connectivity index (χ0v) is 26.2. The molecule has 3 unspecified atom stereocenters. The van der Waals surface area contributed by atoms with E-state index < -0.39 is 26.2 Å². The highest BCUT2D eigenvalue weighted by atomic mass is 16.7. The highest BCUT2D eigenvalue weighted by Crippen LogP contribution is 2.27. The van der Waals surface area contributed by atoms with E-state index in [0.29, 0.717) is 54.3 Å². The molecule has 0 amide bonds. The molecule has 0 spiro atoms. The lowest BCUT2D eigenvalue weighted by atomic mass is 10.2. The molecule has 0 fully saturated rings. The lowest BCUT2D eigenvalue weighted by Crippen LogP contribution is -2.37. The van der Waals surface area contributed by atoms with Crippen molar-refractivity contribution >= 4 is 7.32 Å². The van der Waals surface area contributed by atoms with Crippen molar-refractivity contribution in [2.45, 2.75) is 79.7 Å². The molecule has 10 heteroatoms. The molecule has 234 valence electrons. The molecule has 0 aliphatic rings. The van der Waals surface area contributed by atoms with Gasteiger partial charge in [0.15, 0.2) is 18.9 Å². The predicted molar refractivity (Wildman–Crippen MR) is 166 cm³/mol. The molecule has 0 radical (unpaired) electrons. The molecular formula is C33H45BO9. The average Bonchev–Trinajstić information content (AvgIpc) is 2.98. The molecule has 0 aliphatic carbocycles. The molecule has 0 saturated carbocycles. The SMILES string of the molecule is CCCOC(C)Oc1cccc(OB(Oc2cccc(OC(C)OCCC)c2)Oc2cccc(OC(C)OCCC)c2)c1. The second-order valence-electron chi connectivity index (χ2n) is 9.74. The fraction of sp³-hybridized carbons (Fsp3) is 0.455. The Bertz CT molecular complexity index is 1050. The monoisotopic (exact) mass is 596 g/mol. The Kier molecular flexibility index (Phi) is 14.9. The summed E-state index contributed by atoms with van der Waals surface area (Å²) in [6, 6.07) is 21.6. The van der Waals surface area contributed by atoms with E-state index in [-0.39, 0.29) is 0 Å². The number of hydrogen-bond donors (Lipinski definition) is 0. The van der Waals surface area contributed by atoms with E-state index in [1.807, 2.05) is 77.9 Å². The van der Waals surface area contributed by atoms with Crippen LogP contribution >= 0.6 is 0 Å². The molecule has 0 aromatic heterocycles. The molecule has 3 atom stereocenters. The fourth-order valence-electron chi connectivity index (χ4n) is 3.80. The molecule has 9 nitrogen and oxygen atoms in total. The molecule has 0 bridgehead atoms. The third-order valence-electron chi connectivity index (χ3n) is 5.69. The van der Waals surface area contributed by atoms with E-state index in [1.165, 1.54) is 0 Å².